The van der Waals surface area contributed by atoms with Gasteiger partial charge in [0.05, 0.1) is 28.5 Å². The first-order valence-electron chi connectivity index (χ1n) is 8.00. The Hall–Kier alpha value is -3.37. The molecule has 1 aromatic heterocycles. The first-order valence-corrected chi connectivity index (χ1v) is 9.65. The van der Waals surface area contributed by atoms with E-state index in [9.17, 15) is 13.2 Å². The molecule has 0 unspecified atom stereocenters. The maximum absolute atomic E-state index is 12.5. The number of hydrogen-bond donors (Lipinski definition) is 0. The van der Waals surface area contributed by atoms with Crippen LogP contribution in [0.3, 0.4) is 0 Å². The lowest BCUT2D eigenvalue weighted by Crippen LogP contribution is -2.10. The molecule has 7 heteroatoms. The van der Waals surface area contributed by atoms with Crippen molar-refractivity contribution in [3.8, 4) is 6.07 Å². The van der Waals surface area contributed by atoms with Gasteiger partial charge in [-0.25, -0.2) is 13.2 Å². The maximum Gasteiger partial charge on any atom is 0.374 e. The third kappa shape index (κ3) is 4.43. The van der Waals surface area contributed by atoms with Crippen molar-refractivity contribution in [1.29, 1.82) is 5.26 Å². The number of carbonyl (C=O) groups is 1. The Kier molecular flexibility index (Phi) is 5.38. The molecule has 0 atom stereocenters. The molecule has 6 nitrogen and oxygen atoms in total. The molecule has 1 heterocycles. The largest absolute Gasteiger partial charge is 0.457 e. The van der Waals surface area contributed by atoms with Crippen LogP contribution in [0.5, 0.6) is 0 Å². The van der Waals surface area contributed by atoms with Crippen LogP contribution in [0.25, 0.3) is 0 Å². The van der Waals surface area contributed by atoms with Crippen molar-refractivity contribution in [3.05, 3.63) is 89.4 Å². The smallest absolute Gasteiger partial charge is 0.374 e. The summed E-state index contributed by atoms with van der Waals surface area (Å²) in [4.78, 5) is 12.5. The van der Waals surface area contributed by atoms with Crippen molar-refractivity contribution in [2.24, 2.45) is 0 Å². The van der Waals surface area contributed by atoms with Gasteiger partial charge in [0.2, 0.25) is 5.76 Å². The minimum absolute atomic E-state index is 0.0177. The standard InChI is InChI=1S/C20H15NO5S/c21-12-15-6-8-16(9-7-15)13-26-20(22)19-17(10-11-25-19)14-27(23,24)18-4-2-1-3-5-18/h1-11H,13-14H2. The van der Waals surface area contributed by atoms with Crippen molar-refractivity contribution >= 4 is 15.8 Å². The zero-order chi connectivity index (χ0) is 19.3. The summed E-state index contributed by atoms with van der Waals surface area (Å²) in [5, 5.41) is 8.78. The molecule has 0 spiro atoms. The zero-order valence-electron chi connectivity index (χ0n) is 14.2. The van der Waals surface area contributed by atoms with E-state index in [0.717, 1.165) is 0 Å². The van der Waals surface area contributed by atoms with Crippen LogP contribution in [-0.4, -0.2) is 14.4 Å². The third-order valence-electron chi connectivity index (χ3n) is 3.83. The van der Waals surface area contributed by atoms with Crippen LogP contribution in [0.15, 0.2) is 76.2 Å². The highest BCUT2D eigenvalue weighted by molar-refractivity contribution is 7.90. The Labute approximate surface area is 156 Å². The normalized spacial score (nSPS) is 10.9. The second-order valence-corrected chi connectivity index (χ2v) is 7.72. The van der Waals surface area contributed by atoms with E-state index in [1.807, 2.05) is 6.07 Å². The highest BCUT2D eigenvalue weighted by Gasteiger charge is 2.23. The summed E-state index contributed by atoms with van der Waals surface area (Å²) in [6.07, 6.45) is 1.26. The summed E-state index contributed by atoms with van der Waals surface area (Å²) in [6.45, 7) is -0.0177. The maximum atomic E-state index is 12.5. The number of nitrogens with zero attached hydrogens (tertiary/aromatic N) is 1. The lowest BCUT2D eigenvalue weighted by molar-refractivity contribution is 0.0435. The van der Waals surface area contributed by atoms with Crippen LogP contribution in [0, 0.1) is 11.3 Å². The number of esters is 1. The van der Waals surface area contributed by atoms with Gasteiger partial charge in [-0.2, -0.15) is 5.26 Å². The van der Waals surface area contributed by atoms with Gasteiger partial charge in [-0.3, -0.25) is 0 Å². The van der Waals surface area contributed by atoms with E-state index in [-0.39, 0.29) is 28.6 Å². The van der Waals surface area contributed by atoms with Gasteiger partial charge in [0.1, 0.15) is 6.61 Å². The Morgan fingerprint density at radius 1 is 1.04 bits per heavy atom. The molecule has 0 bridgehead atoms. The van der Waals surface area contributed by atoms with Crippen molar-refractivity contribution in [2.75, 3.05) is 0 Å². The molecule has 3 rings (SSSR count). The Morgan fingerprint density at radius 2 is 1.74 bits per heavy atom. The molecular weight excluding hydrogens is 366 g/mol. The van der Waals surface area contributed by atoms with Crippen LogP contribution in [0.4, 0.5) is 0 Å². The number of carbonyl (C=O) groups excluding carboxylic acids is 1. The Morgan fingerprint density at radius 3 is 2.41 bits per heavy atom. The van der Waals surface area contributed by atoms with Gasteiger partial charge in [-0.05, 0) is 35.9 Å². The summed E-state index contributed by atoms with van der Waals surface area (Å²) >= 11 is 0. The number of hydrogen-bond acceptors (Lipinski definition) is 6. The first-order chi connectivity index (χ1) is 13.0. The molecule has 2 aromatic carbocycles. The van der Waals surface area contributed by atoms with E-state index in [1.165, 1.54) is 24.5 Å². The molecule has 0 amide bonds. The van der Waals surface area contributed by atoms with Gasteiger partial charge in [0.15, 0.2) is 9.84 Å². The van der Waals surface area contributed by atoms with Gasteiger partial charge >= 0.3 is 5.97 Å². The molecule has 0 aliphatic heterocycles. The Balaban J connectivity index is 1.70. The van der Waals surface area contributed by atoms with Crippen LogP contribution in [0.2, 0.25) is 0 Å². The van der Waals surface area contributed by atoms with Gasteiger partial charge in [-0.15, -0.1) is 0 Å². The molecular formula is C20H15NO5S. The molecule has 0 saturated carbocycles. The van der Waals surface area contributed by atoms with Crippen molar-refractivity contribution in [2.45, 2.75) is 17.3 Å². The number of ether oxygens (including phenoxy) is 1. The van der Waals surface area contributed by atoms with Gasteiger partial charge < -0.3 is 9.15 Å². The number of rotatable bonds is 6. The zero-order valence-corrected chi connectivity index (χ0v) is 15.0. The predicted molar refractivity (Wildman–Crippen MR) is 96.3 cm³/mol. The number of furan rings is 1. The third-order valence-corrected chi connectivity index (χ3v) is 5.51. The summed E-state index contributed by atoms with van der Waals surface area (Å²) in [5.74, 6) is -1.25. The molecule has 0 N–H and O–H groups in total. The van der Waals surface area contributed by atoms with E-state index >= 15 is 0 Å². The average Bonchev–Trinajstić information content (AvgIpc) is 3.14. The number of nitriles is 1. The summed E-state index contributed by atoms with van der Waals surface area (Å²) in [6, 6.07) is 18.0. The molecule has 0 aliphatic rings. The van der Waals surface area contributed by atoms with Crippen LogP contribution in [0.1, 0.15) is 27.2 Å². The second kappa shape index (κ2) is 7.89. The van der Waals surface area contributed by atoms with Crippen molar-refractivity contribution in [3.63, 3.8) is 0 Å². The van der Waals surface area contributed by atoms with E-state index in [0.29, 0.717) is 11.1 Å². The molecule has 3 aromatic rings. The average molecular weight is 381 g/mol. The van der Waals surface area contributed by atoms with Gasteiger partial charge in [-0.1, -0.05) is 30.3 Å². The van der Waals surface area contributed by atoms with Crippen LogP contribution < -0.4 is 0 Å². The molecule has 0 saturated heterocycles. The highest BCUT2D eigenvalue weighted by Crippen LogP contribution is 2.21. The summed E-state index contributed by atoms with van der Waals surface area (Å²) in [5.41, 5.74) is 1.44. The van der Waals surface area contributed by atoms with Crippen molar-refractivity contribution < 1.29 is 22.4 Å². The minimum Gasteiger partial charge on any atom is -0.457 e. The predicted octanol–water partition coefficient (Wildman–Crippen LogP) is 3.48. The Bertz CT molecular complexity index is 1080. The van der Waals surface area contributed by atoms with E-state index in [4.69, 9.17) is 14.4 Å². The van der Waals surface area contributed by atoms with Gasteiger partial charge in [0.25, 0.3) is 0 Å². The second-order valence-electron chi connectivity index (χ2n) is 5.73. The topological polar surface area (TPSA) is 97.4 Å². The van der Waals surface area contributed by atoms with E-state index < -0.39 is 15.8 Å². The lowest BCUT2D eigenvalue weighted by atomic mass is 10.2. The first kappa shape index (κ1) is 18.4. The molecule has 0 aliphatic carbocycles. The fourth-order valence-electron chi connectivity index (χ4n) is 2.43. The summed E-state index contributed by atoms with van der Waals surface area (Å²) < 4.78 is 35.3. The van der Waals surface area contributed by atoms with Crippen molar-refractivity contribution in [1.82, 2.24) is 0 Å². The summed E-state index contributed by atoms with van der Waals surface area (Å²) in [7, 11) is -3.61. The quantitative estimate of drug-likeness (QED) is 0.606. The van der Waals surface area contributed by atoms with E-state index in [2.05, 4.69) is 0 Å². The molecule has 0 radical (unpaired) electrons. The fourth-order valence-corrected chi connectivity index (χ4v) is 3.81. The minimum atomic E-state index is -3.61. The van der Waals surface area contributed by atoms with Crippen LogP contribution >= 0.6 is 0 Å². The fraction of sp³-hybridized carbons (Fsp3) is 0.100. The monoisotopic (exact) mass is 381 g/mol. The molecule has 136 valence electrons. The SMILES string of the molecule is N#Cc1ccc(COC(=O)c2occc2CS(=O)(=O)c2ccccc2)cc1. The highest BCUT2D eigenvalue weighted by atomic mass is 32.2. The number of benzene rings is 2. The lowest BCUT2D eigenvalue weighted by Gasteiger charge is -2.06. The molecule has 0 fully saturated rings. The van der Waals surface area contributed by atoms with E-state index in [1.54, 1.807) is 42.5 Å². The van der Waals surface area contributed by atoms with Gasteiger partial charge in [0, 0.05) is 5.56 Å². The van der Waals surface area contributed by atoms with Crippen LogP contribution in [-0.2, 0) is 26.9 Å². The number of sulfone groups is 1. The molecule has 27 heavy (non-hydrogen) atoms.